The molecule has 0 spiro atoms. The maximum absolute atomic E-state index is 12.8. The van der Waals surface area contributed by atoms with Gasteiger partial charge in [-0.25, -0.2) is 4.98 Å². The van der Waals surface area contributed by atoms with Crippen molar-refractivity contribution < 1.29 is 9.53 Å². The molecule has 120 valence electrons. The molecular formula is C15H18N6O2. The molecule has 2 aliphatic rings. The van der Waals surface area contributed by atoms with Crippen molar-refractivity contribution in [2.75, 3.05) is 26.3 Å². The van der Waals surface area contributed by atoms with Gasteiger partial charge < -0.3 is 14.2 Å². The molecule has 1 fully saturated rings. The van der Waals surface area contributed by atoms with Gasteiger partial charge in [0.05, 0.1) is 25.3 Å². The molecule has 8 heteroatoms. The molecule has 0 radical (unpaired) electrons. The van der Waals surface area contributed by atoms with Gasteiger partial charge in [-0.15, -0.1) is 10.2 Å². The average Bonchev–Trinajstić information content (AvgIpc) is 3.07. The quantitative estimate of drug-likeness (QED) is 0.801. The van der Waals surface area contributed by atoms with Crippen molar-refractivity contribution in [2.45, 2.75) is 25.3 Å². The summed E-state index contributed by atoms with van der Waals surface area (Å²) in [4.78, 5) is 23.1. The van der Waals surface area contributed by atoms with Crippen molar-refractivity contribution in [2.24, 2.45) is 0 Å². The van der Waals surface area contributed by atoms with Crippen LogP contribution in [0.4, 0.5) is 0 Å². The number of hydrogen-bond donors (Lipinski definition) is 0. The Morgan fingerprint density at radius 2 is 2.04 bits per heavy atom. The fourth-order valence-electron chi connectivity index (χ4n) is 3.22. The molecule has 4 rings (SSSR count). The Kier molecular flexibility index (Phi) is 3.74. The SMILES string of the molecule is O=C(C1CCCn2c(-c3cnccn3)nnc21)N1CCOCC1. The highest BCUT2D eigenvalue weighted by Gasteiger charge is 2.34. The van der Waals surface area contributed by atoms with Crippen molar-refractivity contribution in [3.63, 3.8) is 0 Å². The minimum atomic E-state index is -0.222. The third kappa shape index (κ3) is 2.59. The lowest BCUT2D eigenvalue weighted by atomic mass is 9.97. The molecule has 0 aromatic carbocycles. The number of morpholine rings is 1. The van der Waals surface area contributed by atoms with E-state index in [4.69, 9.17) is 4.74 Å². The summed E-state index contributed by atoms with van der Waals surface area (Å²) in [5.74, 6) is 1.34. The first-order chi connectivity index (χ1) is 11.3. The van der Waals surface area contributed by atoms with E-state index in [1.165, 1.54) is 0 Å². The van der Waals surface area contributed by atoms with Crippen molar-refractivity contribution in [1.29, 1.82) is 0 Å². The minimum Gasteiger partial charge on any atom is -0.378 e. The predicted octanol–water partition coefficient (Wildman–Crippen LogP) is 0.471. The van der Waals surface area contributed by atoms with Gasteiger partial charge in [0, 0.05) is 32.0 Å². The van der Waals surface area contributed by atoms with E-state index in [0.29, 0.717) is 37.8 Å². The highest BCUT2D eigenvalue weighted by molar-refractivity contribution is 5.83. The van der Waals surface area contributed by atoms with Gasteiger partial charge >= 0.3 is 0 Å². The first kappa shape index (κ1) is 14.3. The molecule has 23 heavy (non-hydrogen) atoms. The van der Waals surface area contributed by atoms with Crippen LogP contribution in [0.2, 0.25) is 0 Å². The number of amides is 1. The van der Waals surface area contributed by atoms with Crippen LogP contribution in [0.3, 0.4) is 0 Å². The molecule has 1 atom stereocenters. The number of ether oxygens (including phenoxy) is 1. The molecule has 0 bridgehead atoms. The highest BCUT2D eigenvalue weighted by atomic mass is 16.5. The van der Waals surface area contributed by atoms with Gasteiger partial charge in [0.1, 0.15) is 11.5 Å². The van der Waals surface area contributed by atoms with E-state index >= 15 is 0 Å². The highest BCUT2D eigenvalue weighted by Crippen LogP contribution is 2.31. The summed E-state index contributed by atoms with van der Waals surface area (Å²) in [7, 11) is 0. The zero-order valence-corrected chi connectivity index (χ0v) is 12.8. The normalized spacial score (nSPS) is 21.0. The van der Waals surface area contributed by atoms with E-state index < -0.39 is 0 Å². The second kappa shape index (κ2) is 6.04. The second-order valence-electron chi connectivity index (χ2n) is 5.76. The van der Waals surface area contributed by atoms with E-state index in [1.54, 1.807) is 18.6 Å². The molecule has 2 aromatic heterocycles. The monoisotopic (exact) mass is 314 g/mol. The lowest BCUT2D eigenvalue weighted by Gasteiger charge is -2.31. The van der Waals surface area contributed by atoms with Crippen LogP contribution in [-0.4, -0.2) is 61.8 Å². The van der Waals surface area contributed by atoms with Crippen molar-refractivity contribution in [3.8, 4) is 11.5 Å². The van der Waals surface area contributed by atoms with Crippen LogP contribution in [0.15, 0.2) is 18.6 Å². The number of hydrogen-bond acceptors (Lipinski definition) is 6. The molecule has 2 aromatic rings. The first-order valence-electron chi connectivity index (χ1n) is 7.90. The summed E-state index contributed by atoms with van der Waals surface area (Å²) < 4.78 is 7.34. The standard InChI is InChI=1S/C15H18N6O2/c22-15(20-6-8-23-9-7-20)11-2-1-5-21-13(11)18-19-14(21)12-10-16-3-4-17-12/h3-4,10-11H,1-2,5-9H2. The van der Waals surface area contributed by atoms with Gasteiger partial charge in [-0.05, 0) is 12.8 Å². The van der Waals surface area contributed by atoms with Crippen LogP contribution in [0.25, 0.3) is 11.5 Å². The average molecular weight is 314 g/mol. The zero-order chi connectivity index (χ0) is 15.6. The fourth-order valence-corrected chi connectivity index (χ4v) is 3.22. The van der Waals surface area contributed by atoms with Crippen LogP contribution < -0.4 is 0 Å². The zero-order valence-electron chi connectivity index (χ0n) is 12.8. The molecule has 8 nitrogen and oxygen atoms in total. The van der Waals surface area contributed by atoms with E-state index in [2.05, 4.69) is 20.2 Å². The van der Waals surface area contributed by atoms with E-state index in [0.717, 1.165) is 25.2 Å². The molecule has 1 amide bonds. The van der Waals surface area contributed by atoms with Crippen molar-refractivity contribution in [1.82, 2.24) is 29.6 Å². The molecule has 0 saturated carbocycles. The molecule has 0 aliphatic carbocycles. The molecule has 2 aliphatic heterocycles. The van der Waals surface area contributed by atoms with Crippen LogP contribution in [-0.2, 0) is 16.1 Å². The molecular weight excluding hydrogens is 296 g/mol. The Balaban J connectivity index is 1.64. The van der Waals surface area contributed by atoms with Gasteiger partial charge in [-0.1, -0.05) is 0 Å². The number of carbonyl (C=O) groups excluding carboxylic acids is 1. The Bertz CT molecular complexity index is 695. The topological polar surface area (TPSA) is 86.0 Å². The molecule has 0 N–H and O–H groups in total. The van der Waals surface area contributed by atoms with Crippen LogP contribution >= 0.6 is 0 Å². The summed E-state index contributed by atoms with van der Waals surface area (Å²) in [5.41, 5.74) is 0.686. The lowest BCUT2D eigenvalue weighted by molar-refractivity contribution is -0.137. The first-order valence-corrected chi connectivity index (χ1v) is 7.90. The van der Waals surface area contributed by atoms with Crippen molar-refractivity contribution >= 4 is 5.91 Å². The Morgan fingerprint density at radius 3 is 2.83 bits per heavy atom. The third-order valence-electron chi connectivity index (χ3n) is 4.38. The number of rotatable bonds is 2. The van der Waals surface area contributed by atoms with Crippen LogP contribution in [0.1, 0.15) is 24.6 Å². The Labute approximate surface area is 133 Å². The Morgan fingerprint density at radius 1 is 1.17 bits per heavy atom. The largest absolute Gasteiger partial charge is 0.378 e. The predicted molar refractivity (Wildman–Crippen MR) is 80.4 cm³/mol. The maximum atomic E-state index is 12.8. The second-order valence-corrected chi connectivity index (χ2v) is 5.76. The number of nitrogens with zero attached hydrogens (tertiary/aromatic N) is 6. The van der Waals surface area contributed by atoms with Crippen LogP contribution in [0, 0.1) is 0 Å². The summed E-state index contributed by atoms with van der Waals surface area (Å²) in [5, 5.41) is 8.56. The third-order valence-corrected chi connectivity index (χ3v) is 4.38. The van der Waals surface area contributed by atoms with Gasteiger partial charge in [-0.2, -0.15) is 0 Å². The lowest BCUT2D eigenvalue weighted by Crippen LogP contribution is -2.44. The smallest absolute Gasteiger partial charge is 0.233 e. The van der Waals surface area contributed by atoms with Gasteiger partial charge in [0.2, 0.25) is 5.91 Å². The van der Waals surface area contributed by atoms with E-state index in [9.17, 15) is 4.79 Å². The number of carbonyl (C=O) groups is 1. The molecule has 4 heterocycles. The van der Waals surface area contributed by atoms with Gasteiger partial charge in [0.15, 0.2) is 5.82 Å². The summed E-state index contributed by atoms with van der Waals surface area (Å²) in [6.45, 7) is 3.33. The van der Waals surface area contributed by atoms with E-state index in [1.807, 2.05) is 9.47 Å². The van der Waals surface area contributed by atoms with E-state index in [-0.39, 0.29) is 11.8 Å². The number of aromatic nitrogens is 5. The van der Waals surface area contributed by atoms with Gasteiger partial charge in [0.25, 0.3) is 0 Å². The fraction of sp³-hybridized carbons (Fsp3) is 0.533. The summed E-state index contributed by atoms with van der Waals surface area (Å²) >= 11 is 0. The summed E-state index contributed by atoms with van der Waals surface area (Å²) in [6, 6.07) is 0. The summed E-state index contributed by atoms with van der Waals surface area (Å²) in [6.07, 6.45) is 6.68. The molecule has 1 saturated heterocycles. The van der Waals surface area contributed by atoms with Crippen LogP contribution in [0.5, 0.6) is 0 Å². The maximum Gasteiger partial charge on any atom is 0.233 e. The van der Waals surface area contributed by atoms with Gasteiger partial charge in [-0.3, -0.25) is 9.78 Å². The minimum absolute atomic E-state index is 0.132. The van der Waals surface area contributed by atoms with Crippen molar-refractivity contribution in [3.05, 3.63) is 24.4 Å². The Hall–Kier alpha value is -2.35. The molecule has 1 unspecified atom stereocenters. The number of fused-ring (bicyclic) bond motifs is 1.